The number of rotatable bonds is 9. The summed E-state index contributed by atoms with van der Waals surface area (Å²) in [5.41, 5.74) is 0. The predicted octanol–water partition coefficient (Wildman–Crippen LogP) is 0.0516. The van der Waals surface area contributed by atoms with Crippen LogP contribution < -0.4 is 0 Å². The molecule has 18 heavy (non-hydrogen) atoms. The molecule has 0 amide bonds. The number of ether oxygens (including phenoxy) is 2. The average Bonchev–Trinajstić information content (AvgIpc) is 3.20. The first-order valence-electron chi connectivity index (χ1n) is 5.52. The lowest BCUT2D eigenvalue weighted by atomic mass is 10.5. The van der Waals surface area contributed by atoms with Gasteiger partial charge in [-0.15, -0.1) is 0 Å². The minimum atomic E-state index is -2.39. The summed E-state index contributed by atoms with van der Waals surface area (Å²) < 4.78 is 43.1. The van der Waals surface area contributed by atoms with E-state index in [0.717, 1.165) is 19.1 Å². The van der Waals surface area contributed by atoms with E-state index in [0.29, 0.717) is 19.3 Å². The second kappa shape index (κ2) is 10.7. The van der Waals surface area contributed by atoms with Crippen molar-refractivity contribution in [3.8, 4) is 0 Å². The van der Waals surface area contributed by atoms with Crippen LogP contribution in [0.3, 0.4) is 0 Å². The van der Waals surface area contributed by atoms with Gasteiger partial charge in [0.2, 0.25) is 0 Å². The third-order valence-corrected chi connectivity index (χ3v) is 5.24. The highest BCUT2D eigenvalue weighted by Gasteiger charge is 2.36. The van der Waals surface area contributed by atoms with Crippen LogP contribution >= 0.6 is 0 Å². The molecule has 1 heterocycles. The van der Waals surface area contributed by atoms with Crippen LogP contribution in [0.25, 0.3) is 0 Å². The Balaban J connectivity index is 0.000000873. The summed E-state index contributed by atoms with van der Waals surface area (Å²) in [5.74, 6) is 0. The molecule has 1 atom stereocenters. The Kier molecular flexibility index (Phi) is 10.6. The van der Waals surface area contributed by atoms with Gasteiger partial charge in [0.25, 0.3) is 0 Å². The molecule has 0 aromatic heterocycles. The fourth-order valence-electron chi connectivity index (χ4n) is 1.33. The fraction of sp³-hybridized carbons (Fsp3) is 1.00. The summed E-state index contributed by atoms with van der Waals surface area (Å²) in [5, 5.41) is 0. The Morgan fingerprint density at radius 3 is 2.11 bits per heavy atom. The van der Waals surface area contributed by atoms with E-state index < -0.39 is 18.1 Å². The lowest BCUT2D eigenvalue weighted by molar-refractivity contribution is 0.100. The zero-order chi connectivity index (χ0) is 13.9. The van der Waals surface area contributed by atoms with E-state index >= 15 is 0 Å². The molecular formula is C9H20O7Si2. The maximum atomic E-state index is 8.40. The highest BCUT2D eigenvalue weighted by molar-refractivity contribution is 6.60. The van der Waals surface area contributed by atoms with Crippen molar-refractivity contribution in [1.29, 1.82) is 0 Å². The molecule has 1 aliphatic heterocycles. The highest BCUT2D eigenvalue weighted by Crippen LogP contribution is 2.15. The van der Waals surface area contributed by atoms with E-state index in [9.17, 15) is 0 Å². The largest absolute Gasteiger partial charge is 0.549 e. The molecule has 1 aliphatic rings. The number of hydrogen-bond donors (Lipinski definition) is 0. The molecule has 1 rings (SSSR count). The molecule has 0 spiro atoms. The SMILES string of the molecule is CO[Si](CCCOCC1CO1)(OC)OC.O=[Si]=O. The Bertz CT molecular complexity index is 229. The molecule has 0 bridgehead atoms. The molecule has 9 heteroatoms. The summed E-state index contributed by atoms with van der Waals surface area (Å²) in [6, 6.07) is 0.780. The molecule has 0 aromatic carbocycles. The van der Waals surface area contributed by atoms with Crippen LogP contribution in [-0.2, 0) is 31.7 Å². The van der Waals surface area contributed by atoms with Gasteiger partial charge in [-0.2, -0.15) is 0 Å². The third kappa shape index (κ3) is 8.03. The Labute approximate surface area is 110 Å². The van der Waals surface area contributed by atoms with E-state index in [2.05, 4.69) is 0 Å². The van der Waals surface area contributed by atoms with Crippen LogP contribution in [0.5, 0.6) is 0 Å². The molecule has 0 aliphatic carbocycles. The second-order valence-corrected chi connectivity index (χ2v) is 6.77. The van der Waals surface area contributed by atoms with Crippen molar-refractivity contribution < 1.29 is 31.7 Å². The Hall–Kier alpha value is -0.166. The molecule has 1 saturated heterocycles. The molecule has 1 unspecified atom stereocenters. The van der Waals surface area contributed by atoms with Gasteiger partial charge in [-0.1, -0.05) is 0 Å². The van der Waals surface area contributed by atoms with Crippen molar-refractivity contribution in [3.05, 3.63) is 0 Å². The van der Waals surface area contributed by atoms with Crippen molar-refractivity contribution in [2.24, 2.45) is 0 Å². The van der Waals surface area contributed by atoms with Gasteiger partial charge in [0.1, 0.15) is 6.10 Å². The Morgan fingerprint density at radius 1 is 1.22 bits per heavy atom. The van der Waals surface area contributed by atoms with E-state index in [1.54, 1.807) is 21.3 Å². The highest BCUT2D eigenvalue weighted by atomic mass is 28.4. The molecule has 0 saturated carbocycles. The number of hydrogen-bond acceptors (Lipinski definition) is 7. The van der Waals surface area contributed by atoms with Gasteiger partial charge in [0, 0.05) is 34.0 Å². The van der Waals surface area contributed by atoms with Crippen molar-refractivity contribution in [2.45, 2.75) is 18.6 Å². The summed E-state index contributed by atoms with van der Waals surface area (Å²) in [6.45, 7) is 2.24. The van der Waals surface area contributed by atoms with Crippen LogP contribution in [0.4, 0.5) is 0 Å². The monoisotopic (exact) mass is 296 g/mol. The van der Waals surface area contributed by atoms with E-state index in [1.807, 2.05) is 0 Å². The lowest BCUT2D eigenvalue weighted by Gasteiger charge is -2.24. The minimum absolute atomic E-state index is 0.333. The summed E-state index contributed by atoms with van der Waals surface area (Å²) >= 11 is 0. The topological polar surface area (TPSA) is 83.6 Å². The molecule has 106 valence electrons. The van der Waals surface area contributed by atoms with Crippen LogP contribution in [0.15, 0.2) is 0 Å². The van der Waals surface area contributed by atoms with Gasteiger partial charge in [0.05, 0.1) is 13.2 Å². The quantitative estimate of drug-likeness (QED) is 0.338. The van der Waals surface area contributed by atoms with Gasteiger partial charge in [-0.25, -0.2) is 0 Å². The second-order valence-electron chi connectivity index (χ2n) is 3.51. The predicted molar refractivity (Wildman–Crippen MR) is 63.9 cm³/mol. The van der Waals surface area contributed by atoms with E-state index in [4.69, 9.17) is 31.7 Å². The summed E-state index contributed by atoms with van der Waals surface area (Å²) in [6.07, 6.45) is 1.22. The van der Waals surface area contributed by atoms with Gasteiger partial charge in [-0.3, -0.25) is 8.92 Å². The average molecular weight is 296 g/mol. The maximum absolute atomic E-state index is 8.40. The first-order valence-corrected chi connectivity index (χ1v) is 8.27. The zero-order valence-corrected chi connectivity index (χ0v) is 13.0. The van der Waals surface area contributed by atoms with Gasteiger partial charge in [-0.05, 0) is 6.42 Å². The fourth-order valence-corrected chi connectivity index (χ4v) is 3.02. The molecule has 0 radical (unpaired) electrons. The van der Waals surface area contributed by atoms with Crippen molar-refractivity contribution >= 4 is 18.1 Å². The standard InChI is InChI=1S/C9H20O5Si.O2Si/c1-10-15(11-2,12-3)6-4-5-13-7-9-8-14-9;1-3-2/h9H,4-8H2,1-3H3;. The summed E-state index contributed by atoms with van der Waals surface area (Å²) in [4.78, 5) is 0. The molecule has 0 aromatic rings. The van der Waals surface area contributed by atoms with Crippen molar-refractivity contribution in [3.63, 3.8) is 0 Å². The third-order valence-electron chi connectivity index (χ3n) is 2.41. The molecule has 7 nitrogen and oxygen atoms in total. The molecule has 1 fully saturated rings. The van der Waals surface area contributed by atoms with Gasteiger partial charge < -0.3 is 22.8 Å². The summed E-state index contributed by atoms with van der Waals surface area (Å²) in [7, 11) is 1.06. The van der Waals surface area contributed by atoms with E-state index in [-0.39, 0.29) is 0 Å². The first kappa shape index (κ1) is 17.8. The van der Waals surface area contributed by atoms with Crippen LogP contribution in [0.2, 0.25) is 6.04 Å². The smallest absolute Gasteiger partial charge is 0.379 e. The van der Waals surface area contributed by atoms with Crippen molar-refractivity contribution in [1.82, 2.24) is 0 Å². The molecule has 0 N–H and O–H groups in total. The van der Waals surface area contributed by atoms with Gasteiger partial charge >= 0.3 is 18.1 Å². The Morgan fingerprint density at radius 2 is 1.72 bits per heavy atom. The van der Waals surface area contributed by atoms with Gasteiger partial charge in [0.15, 0.2) is 0 Å². The maximum Gasteiger partial charge on any atom is 0.549 e. The van der Waals surface area contributed by atoms with E-state index in [1.165, 1.54) is 0 Å². The number of epoxide rings is 1. The minimum Gasteiger partial charge on any atom is -0.379 e. The molecular weight excluding hydrogens is 276 g/mol. The van der Waals surface area contributed by atoms with Crippen LogP contribution in [-0.4, -0.2) is 65.4 Å². The zero-order valence-electron chi connectivity index (χ0n) is 11.0. The normalized spacial score (nSPS) is 17.6. The first-order chi connectivity index (χ1) is 8.67. The van der Waals surface area contributed by atoms with Crippen LogP contribution in [0.1, 0.15) is 6.42 Å². The lowest BCUT2D eigenvalue weighted by Crippen LogP contribution is -2.42. The van der Waals surface area contributed by atoms with Crippen molar-refractivity contribution in [2.75, 3.05) is 41.2 Å². The van der Waals surface area contributed by atoms with Crippen LogP contribution in [0, 0.1) is 0 Å².